The summed E-state index contributed by atoms with van der Waals surface area (Å²) in [6.07, 6.45) is 2.05. The maximum absolute atomic E-state index is 11.1. The monoisotopic (exact) mass is 178 g/mol. The van der Waals surface area contributed by atoms with Gasteiger partial charge in [-0.1, -0.05) is 6.92 Å². The Balaban J connectivity index is 0. The molecule has 3 nitrogen and oxygen atoms in total. The van der Waals surface area contributed by atoms with E-state index in [2.05, 4.69) is 0 Å². The van der Waals surface area contributed by atoms with Gasteiger partial charge in [0.25, 0.3) is 5.91 Å². The summed E-state index contributed by atoms with van der Waals surface area (Å²) in [6.45, 7) is 1.90. The highest BCUT2D eigenvalue weighted by molar-refractivity contribution is 5.92. The Morgan fingerprint density at radius 3 is 2.09 bits per heavy atom. The summed E-state index contributed by atoms with van der Waals surface area (Å²) >= 11 is 0. The molecule has 66 valence electrons. The second kappa shape index (κ2) is 6.04. The molecule has 0 aliphatic heterocycles. The van der Waals surface area contributed by atoms with Crippen LogP contribution in [0.5, 0.6) is 0 Å². The normalized spacial score (nSPS) is 10.3. The highest BCUT2D eigenvalue weighted by Crippen LogP contribution is 2.00. The summed E-state index contributed by atoms with van der Waals surface area (Å²) in [7, 11) is 3.42. The number of carbonyl (C=O) groups is 1. The minimum Gasteiger partial charge on any atom is -0.404 e. The van der Waals surface area contributed by atoms with Crippen molar-refractivity contribution in [3.8, 4) is 0 Å². The van der Waals surface area contributed by atoms with Crippen molar-refractivity contribution in [2.45, 2.75) is 13.3 Å². The number of amides is 1. The zero-order chi connectivity index (χ0) is 8.15. The van der Waals surface area contributed by atoms with E-state index in [0.29, 0.717) is 12.0 Å². The highest BCUT2D eigenvalue weighted by Gasteiger charge is 2.07. The Bertz CT molecular complexity index is 155. The van der Waals surface area contributed by atoms with Gasteiger partial charge < -0.3 is 10.6 Å². The van der Waals surface area contributed by atoms with Crippen LogP contribution in [0.1, 0.15) is 13.3 Å². The van der Waals surface area contributed by atoms with Gasteiger partial charge in [-0.05, 0) is 6.42 Å². The lowest BCUT2D eigenvalue weighted by atomic mass is 10.2. The smallest absolute Gasteiger partial charge is 0.250 e. The molecule has 2 N–H and O–H groups in total. The van der Waals surface area contributed by atoms with Crippen molar-refractivity contribution >= 4 is 18.3 Å². The van der Waals surface area contributed by atoms with Crippen molar-refractivity contribution < 1.29 is 4.79 Å². The molecule has 0 atom stereocenters. The lowest BCUT2D eigenvalue weighted by Gasteiger charge is -2.10. The van der Waals surface area contributed by atoms with Crippen LogP contribution in [0.25, 0.3) is 0 Å². The van der Waals surface area contributed by atoms with Crippen LogP contribution in [-0.4, -0.2) is 24.9 Å². The number of halogens is 1. The largest absolute Gasteiger partial charge is 0.404 e. The van der Waals surface area contributed by atoms with Gasteiger partial charge in [0.2, 0.25) is 0 Å². The molecular formula is C7H15ClN2O. The van der Waals surface area contributed by atoms with Crippen LogP contribution in [0.3, 0.4) is 0 Å². The Hall–Kier alpha value is -0.700. The maximum atomic E-state index is 11.1. The van der Waals surface area contributed by atoms with E-state index >= 15 is 0 Å². The third kappa shape index (κ3) is 3.88. The number of hydrogen-bond donors (Lipinski definition) is 1. The Morgan fingerprint density at radius 1 is 1.55 bits per heavy atom. The van der Waals surface area contributed by atoms with Crippen LogP contribution in [0.15, 0.2) is 11.8 Å². The number of likely N-dealkylation sites (N-methyl/N-ethyl adjacent to an activating group) is 1. The summed E-state index contributed by atoms with van der Waals surface area (Å²) in [5.74, 6) is -0.00926. The van der Waals surface area contributed by atoms with Gasteiger partial charge in [0.1, 0.15) is 0 Å². The van der Waals surface area contributed by atoms with Gasteiger partial charge >= 0.3 is 0 Å². The summed E-state index contributed by atoms with van der Waals surface area (Å²) in [4.78, 5) is 12.6. The molecule has 4 heteroatoms. The van der Waals surface area contributed by atoms with E-state index in [1.165, 1.54) is 11.1 Å². The highest BCUT2D eigenvalue weighted by atomic mass is 35.5. The van der Waals surface area contributed by atoms with E-state index in [1.54, 1.807) is 14.1 Å². The molecule has 0 aromatic carbocycles. The number of nitrogens with zero attached hydrogens (tertiary/aromatic N) is 1. The first-order chi connectivity index (χ1) is 4.63. The maximum Gasteiger partial charge on any atom is 0.250 e. The van der Waals surface area contributed by atoms with E-state index in [1.807, 2.05) is 6.92 Å². The third-order valence-electron chi connectivity index (χ3n) is 1.26. The summed E-state index contributed by atoms with van der Waals surface area (Å²) < 4.78 is 0. The molecule has 0 saturated heterocycles. The van der Waals surface area contributed by atoms with Gasteiger partial charge in [-0.25, -0.2) is 0 Å². The zero-order valence-electron chi connectivity index (χ0n) is 7.13. The zero-order valence-corrected chi connectivity index (χ0v) is 7.94. The summed E-state index contributed by atoms with van der Waals surface area (Å²) in [5.41, 5.74) is 5.87. The molecule has 0 spiro atoms. The van der Waals surface area contributed by atoms with Crippen LogP contribution in [0.4, 0.5) is 0 Å². The van der Waals surface area contributed by atoms with Crippen LogP contribution in [-0.2, 0) is 4.79 Å². The van der Waals surface area contributed by atoms with Gasteiger partial charge in [0, 0.05) is 25.9 Å². The molecule has 11 heavy (non-hydrogen) atoms. The molecular weight excluding hydrogens is 164 g/mol. The minimum atomic E-state index is -0.00926. The number of carbonyl (C=O) groups excluding carboxylic acids is 1. The van der Waals surface area contributed by atoms with Gasteiger partial charge in [0.15, 0.2) is 0 Å². The van der Waals surface area contributed by atoms with E-state index in [4.69, 9.17) is 5.73 Å². The Morgan fingerprint density at radius 2 is 2.00 bits per heavy atom. The predicted molar refractivity (Wildman–Crippen MR) is 48.5 cm³/mol. The van der Waals surface area contributed by atoms with E-state index in [0.717, 1.165) is 0 Å². The van der Waals surface area contributed by atoms with Gasteiger partial charge in [-0.3, -0.25) is 4.79 Å². The Labute approximate surface area is 73.7 Å². The molecule has 0 aromatic heterocycles. The number of nitrogens with two attached hydrogens (primary N) is 1. The van der Waals surface area contributed by atoms with Crippen LogP contribution in [0, 0.1) is 0 Å². The van der Waals surface area contributed by atoms with Gasteiger partial charge in [-0.15, -0.1) is 12.4 Å². The molecule has 0 rings (SSSR count). The molecule has 0 bridgehead atoms. The van der Waals surface area contributed by atoms with Crippen molar-refractivity contribution in [2.24, 2.45) is 5.73 Å². The van der Waals surface area contributed by atoms with E-state index in [-0.39, 0.29) is 18.3 Å². The van der Waals surface area contributed by atoms with Gasteiger partial charge in [-0.2, -0.15) is 0 Å². The lowest BCUT2D eigenvalue weighted by Crippen LogP contribution is -2.23. The van der Waals surface area contributed by atoms with Crippen molar-refractivity contribution in [1.82, 2.24) is 4.90 Å². The minimum absolute atomic E-state index is 0. The van der Waals surface area contributed by atoms with Crippen LogP contribution >= 0.6 is 12.4 Å². The molecule has 0 radical (unpaired) electrons. The molecule has 0 aromatic rings. The van der Waals surface area contributed by atoms with Crippen molar-refractivity contribution in [3.63, 3.8) is 0 Å². The Kier molecular flexibility index (Phi) is 7.10. The fourth-order valence-corrected chi connectivity index (χ4v) is 0.628. The molecule has 0 saturated carbocycles. The number of rotatable bonds is 2. The fraction of sp³-hybridized carbons (Fsp3) is 0.571. The fourth-order valence-electron chi connectivity index (χ4n) is 0.628. The SMILES string of the molecule is CCC(=CN)C(=O)N(C)C.Cl. The van der Waals surface area contributed by atoms with Crippen molar-refractivity contribution in [3.05, 3.63) is 11.8 Å². The predicted octanol–water partition coefficient (Wildman–Crippen LogP) is 0.749. The van der Waals surface area contributed by atoms with Crippen molar-refractivity contribution in [1.29, 1.82) is 0 Å². The summed E-state index contributed by atoms with van der Waals surface area (Å²) in [6, 6.07) is 0. The lowest BCUT2D eigenvalue weighted by molar-refractivity contribution is -0.124. The molecule has 0 unspecified atom stereocenters. The van der Waals surface area contributed by atoms with Crippen molar-refractivity contribution in [2.75, 3.05) is 14.1 Å². The molecule has 0 fully saturated rings. The van der Waals surface area contributed by atoms with E-state index < -0.39 is 0 Å². The number of hydrogen-bond acceptors (Lipinski definition) is 2. The quantitative estimate of drug-likeness (QED) is 0.635. The summed E-state index contributed by atoms with van der Waals surface area (Å²) in [5, 5.41) is 0. The van der Waals surface area contributed by atoms with Crippen LogP contribution in [0.2, 0.25) is 0 Å². The third-order valence-corrected chi connectivity index (χ3v) is 1.26. The first-order valence-electron chi connectivity index (χ1n) is 3.25. The average molecular weight is 179 g/mol. The standard InChI is InChI=1S/C7H14N2O.ClH/c1-4-6(5-8)7(10)9(2)3;/h5H,4,8H2,1-3H3;1H. The molecule has 0 aliphatic rings. The second-order valence-corrected chi connectivity index (χ2v) is 2.25. The van der Waals surface area contributed by atoms with Crippen LogP contribution < -0.4 is 5.73 Å². The molecule has 0 aliphatic carbocycles. The van der Waals surface area contributed by atoms with E-state index in [9.17, 15) is 4.79 Å². The van der Waals surface area contributed by atoms with Gasteiger partial charge in [0.05, 0.1) is 0 Å². The molecule has 1 amide bonds. The average Bonchev–Trinajstić information content (AvgIpc) is 1.90. The topological polar surface area (TPSA) is 46.3 Å². The first-order valence-corrected chi connectivity index (χ1v) is 3.25. The second-order valence-electron chi connectivity index (χ2n) is 2.25. The molecule has 0 heterocycles. The first kappa shape index (κ1) is 12.9.